The number of carbonyl (C=O) groups excluding carboxylic acids is 2. The van der Waals surface area contributed by atoms with E-state index in [2.05, 4.69) is 5.32 Å². The summed E-state index contributed by atoms with van der Waals surface area (Å²) in [6.45, 7) is 3.28. The first-order valence-electron chi connectivity index (χ1n) is 8.70. The summed E-state index contributed by atoms with van der Waals surface area (Å²) in [7, 11) is 0. The van der Waals surface area contributed by atoms with Crippen LogP contribution in [-0.2, 0) is 19.1 Å². The van der Waals surface area contributed by atoms with Crippen LogP contribution in [-0.4, -0.2) is 41.8 Å². The van der Waals surface area contributed by atoms with Crippen LogP contribution >= 0.6 is 23.2 Å². The molecule has 1 heterocycles. The van der Waals surface area contributed by atoms with Gasteiger partial charge < -0.3 is 14.8 Å². The first kappa shape index (κ1) is 22.7. The Kier molecular flexibility index (Phi) is 8.04. The molecule has 0 unspecified atom stereocenters. The highest BCUT2D eigenvalue weighted by molar-refractivity contribution is 6.18. The summed E-state index contributed by atoms with van der Waals surface area (Å²) in [5, 5.41) is 14.2. The lowest BCUT2D eigenvalue weighted by molar-refractivity contribution is -0.384. The molecule has 0 fully saturated rings. The fourth-order valence-corrected chi connectivity index (χ4v) is 3.26. The second-order valence-corrected chi connectivity index (χ2v) is 6.89. The van der Waals surface area contributed by atoms with E-state index in [1.165, 1.54) is 18.2 Å². The number of nitrogens with zero attached hydrogens (tertiary/aromatic N) is 1. The van der Waals surface area contributed by atoms with Crippen LogP contribution in [0.1, 0.15) is 25.3 Å². The second-order valence-electron chi connectivity index (χ2n) is 6.14. The van der Waals surface area contributed by atoms with Crippen molar-refractivity contribution in [2.24, 2.45) is 0 Å². The van der Waals surface area contributed by atoms with Crippen LogP contribution in [0, 0.1) is 10.1 Å². The molecule has 0 aromatic heterocycles. The zero-order chi connectivity index (χ0) is 21.6. The molecule has 2 rings (SSSR count). The van der Waals surface area contributed by atoms with E-state index in [1.807, 2.05) is 0 Å². The van der Waals surface area contributed by atoms with Gasteiger partial charge in [-0.2, -0.15) is 0 Å². The average molecular weight is 443 g/mol. The van der Waals surface area contributed by atoms with Crippen LogP contribution in [0.5, 0.6) is 0 Å². The molecule has 1 aromatic carbocycles. The smallest absolute Gasteiger partial charge is 0.336 e. The lowest BCUT2D eigenvalue weighted by Crippen LogP contribution is -2.33. The Morgan fingerprint density at radius 3 is 2.03 bits per heavy atom. The molecule has 0 saturated carbocycles. The van der Waals surface area contributed by atoms with Gasteiger partial charge in [0.1, 0.15) is 13.2 Å². The van der Waals surface area contributed by atoms with Gasteiger partial charge in [0.25, 0.3) is 5.69 Å². The molecule has 0 bridgehead atoms. The number of dihydropyridines is 1. The van der Waals surface area contributed by atoms with Crippen LogP contribution in [0.2, 0.25) is 0 Å². The minimum Gasteiger partial charge on any atom is -0.461 e. The van der Waals surface area contributed by atoms with E-state index in [-0.39, 0.29) is 41.8 Å². The highest BCUT2D eigenvalue weighted by Gasteiger charge is 2.38. The molecule has 8 nitrogen and oxygen atoms in total. The van der Waals surface area contributed by atoms with Gasteiger partial charge >= 0.3 is 11.9 Å². The Hall–Kier alpha value is -2.58. The maximum Gasteiger partial charge on any atom is 0.336 e. The summed E-state index contributed by atoms with van der Waals surface area (Å²) in [5.74, 6) is -2.06. The number of ether oxygens (including phenoxy) is 2. The average Bonchev–Trinajstić information content (AvgIpc) is 2.69. The Balaban J connectivity index is 2.62. The quantitative estimate of drug-likeness (QED) is 0.284. The van der Waals surface area contributed by atoms with Gasteiger partial charge in [-0.15, -0.1) is 23.2 Å². The van der Waals surface area contributed by atoms with Crippen molar-refractivity contribution in [2.75, 3.05) is 25.0 Å². The summed E-state index contributed by atoms with van der Waals surface area (Å²) in [6.07, 6.45) is 0. The molecular weight excluding hydrogens is 423 g/mol. The molecule has 0 spiro atoms. The molecule has 10 heteroatoms. The second kappa shape index (κ2) is 10.3. The third-order valence-electron chi connectivity index (χ3n) is 4.24. The van der Waals surface area contributed by atoms with Gasteiger partial charge in [-0.05, 0) is 19.4 Å². The molecule has 0 atom stereocenters. The summed E-state index contributed by atoms with van der Waals surface area (Å²) in [6, 6.07) is 5.74. The predicted molar refractivity (Wildman–Crippen MR) is 108 cm³/mol. The number of benzene rings is 1. The van der Waals surface area contributed by atoms with Gasteiger partial charge in [-0.25, -0.2) is 9.59 Å². The van der Waals surface area contributed by atoms with E-state index in [0.29, 0.717) is 17.0 Å². The lowest BCUT2D eigenvalue weighted by Gasteiger charge is -2.30. The Bertz CT molecular complexity index is 839. The Morgan fingerprint density at radius 2 is 1.59 bits per heavy atom. The number of nitro benzene ring substituents is 1. The Labute approximate surface area is 177 Å². The number of hydrogen-bond donors (Lipinski definition) is 1. The van der Waals surface area contributed by atoms with Gasteiger partial charge in [0.15, 0.2) is 0 Å². The van der Waals surface area contributed by atoms with Crippen molar-refractivity contribution in [1.82, 2.24) is 5.32 Å². The largest absolute Gasteiger partial charge is 0.461 e. The molecule has 0 saturated heterocycles. The number of carbonyl (C=O) groups is 2. The molecular formula is C19H20Cl2N2O6. The van der Waals surface area contributed by atoms with Crippen LogP contribution in [0.15, 0.2) is 46.8 Å². The molecule has 1 aliphatic rings. The topological polar surface area (TPSA) is 108 Å². The van der Waals surface area contributed by atoms with E-state index >= 15 is 0 Å². The number of nitrogens with one attached hydrogen (secondary N) is 1. The number of halogens is 2. The molecule has 29 heavy (non-hydrogen) atoms. The zero-order valence-electron chi connectivity index (χ0n) is 15.9. The van der Waals surface area contributed by atoms with Crippen molar-refractivity contribution >= 4 is 40.8 Å². The minimum absolute atomic E-state index is 0.0203. The van der Waals surface area contributed by atoms with Gasteiger partial charge in [0.05, 0.1) is 33.7 Å². The Morgan fingerprint density at radius 1 is 1.07 bits per heavy atom. The van der Waals surface area contributed by atoms with Gasteiger partial charge in [0, 0.05) is 23.5 Å². The number of esters is 2. The normalized spacial score (nSPS) is 14.5. The zero-order valence-corrected chi connectivity index (χ0v) is 17.4. The number of alkyl halides is 2. The molecule has 1 aliphatic heterocycles. The number of non-ortho nitro benzene ring substituents is 1. The fourth-order valence-electron chi connectivity index (χ4n) is 3.10. The van der Waals surface area contributed by atoms with Crippen molar-refractivity contribution < 1.29 is 24.0 Å². The maximum absolute atomic E-state index is 12.8. The van der Waals surface area contributed by atoms with Crippen molar-refractivity contribution in [3.05, 3.63) is 62.5 Å². The third kappa shape index (κ3) is 5.27. The summed E-state index contributed by atoms with van der Waals surface area (Å²) in [5.41, 5.74) is 1.45. The van der Waals surface area contributed by atoms with E-state index in [1.54, 1.807) is 19.9 Å². The number of allylic oxidation sites excluding steroid dienone is 2. The van der Waals surface area contributed by atoms with Crippen molar-refractivity contribution in [3.63, 3.8) is 0 Å². The first-order valence-corrected chi connectivity index (χ1v) is 9.77. The highest BCUT2D eigenvalue weighted by atomic mass is 35.5. The van der Waals surface area contributed by atoms with Crippen LogP contribution in [0.4, 0.5) is 5.69 Å². The van der Waals surface area contributed by atoms with Gasteiger partial charge in [-0.3, -0.25) is 10.1 Å². The molecule has 1 aromatic rings. The molecule has 0 aliphatic carbocycles. The monoisotopic (exact) mass is 442 g/mol. The van der Waals surface area contributed by atoms with Gasteiger partial charge in [-0.1, -0.05) is 12.1 Å². The first-order chi connectivity index (χ1) is 13.8. The predicted octanol–water partition coefficient (Wildman–Crippen LogP) is 3.39. The highest BCUT2D eigenvalue weighted by Crippen LogP contribution is 2.40. The number of nitro groups is 1. The summed E-state index contributed by atoms with van der Waals surface area (Å²) >= 11 is 11.2. The SMILES string of the molecule is CC1=C(C(=O)OCCCl)C(c2cccc([N+](=O)[O-])c2)C(C(=O)OCCCl)=C(C)N1. The van der Waals surface area contributed by atoms with E-state index in [9.17, 15) is 19.7 Å². The van der Waals surface area contributed by atoms with Crippen molar-refractivity contribution in [2.45, 2.75) is 19.8 Å². The van der Waals surface area contributed by atoms with Crippen LogP contribution in [0.25, 0.3) is 0 Å². The standard InChI is InChI=1S/C19H20Cl2N2O6/c1-11-15(18(24)28-8-6-20)17(13-4-3-5-14(10-13)23(26)27)16(12(2)22-11)19(25)29-9-7-21/h3-5,10,17,22H,6-9H2,1-2H3. The lowest BCUT2D eigenvalue weighted by atomic mass is 9.80. The minimum atomic E-state index is -0.915. The summed E-state index contributed by atoms with van der Waals surface area (Å²) < 4.78 is 10.4. The molecule has 156 valence electrons. The number of hydrogen-bond acceptors (Lipinski definition) is 7. The number of rotatable bonds is 8. The molecule has 0 radical (unpaired) electrons. The maximum atomic E-state index is 12.8. The van der Waals surface area contributed by atoms with E-state index in [4.69, 9.17) is 32.7 Å². The fraction of sp³-hybridized carbons (Fsp3) is 0.368. The summed E-state index contributed by atoms with van der Waals surface area (Å²) in [4.78, 5) is 36.2. The van der Waals surface area contributed by atoms with Gasteiger partial charge in [0.2, 0.25) is 0 Å². The molecule has 1 N–H and O–H groups in total. The van der Waals surface area contributed by atoms with E-state index in [0.717, 1.165) is 0 Å². The van der Waals surface area contributed by atoms with Crippen molar-refractivity contribution in [3.8, 4) is 0 Å². The van der Waals surface area contributed by atoms with Crippen LogP contribution < -0.4 is 5.32 Å². The molecule has 0 amide bonds. The van der Waals surface area contributed by atoms with Crippen molar-refractivity contribution in [1.29, 1.82) is 0 Å². The third-order valence-corrected chi connectivity index (χ3v) is 4.54. The van der Waals surface area contributed by atoms with Crippen LogP contribution in [0.3, 0.4) is 0 Å². The van der Waals surface area contributed by atoms with E-state index < -0.39 is 22.8 Å².